The molecule has 3 rings (SSSR count). The number of morpholine rings is 1. The average molecular weight is 274 g/mol. The normalized spacial score (nSPS) is 18.6. The summed E-state index contributed by atoms with van der Waals surface area (Å²) >= 11 is 0. The highest BCUT2D eigenvalue weighted by atomic mass is 16.5. The van der Waals surface area contributed by atoms with Gasteiger partial charge in [-0.15, -0.1) is 0 Å². The molecule has 5 heteroatoms. The number of fused-ring (bicyclic) bond motifs is 1. The van der Waals surface area contributed by atoms with Crippen molar-refractivity contribution in [3.05, 3.63) is 35.4 Å². The number of benzene rings is 1. The van der Waals surface area contributed by atoms with E-state index in [0.717, 1.165) is 12.0 Å². The molecule has 1 fully saturated rings. The fourth-order valence-corrected chi connectivity index (χ4v) is 2.71. The van der Waals surface area contributed by atoms with E-state index in [2.05, 4.69) is 6.07 Å². The number of rotatable bonds is 0. The molecule has 1 aromatic rings. The third kappa shape index (κ3) is 2.54. The Hall–Kier alpha value is -1.88. The Kier molecular flexibility index (Phi) is 3.69. The molecule has 1 saturated heterocycles. The Labute approximate surface area is 118 Å². The molecule has 0 aromatic heterocycles. The van der Waals surface area contributed by atoms with Crippen molar-refractivity contribution in [3.8, 4) is 0 Å². The predicted octanol–water partition coefficient (Wildman–Crippen LogP) is 0.430. The molecular formula is C15H18N2O3. The Balaban J connectivity index is 1.68. The first-order valence-electron chi connectivity index (χ1n) is 6.98. The summed E-state index contributed by atoms with van der Waals surface area (Å²) in [4.78, 5) is 27.7. The van der Waals surface area contributed by atoms with Crippen LogP contribution in [0.2, 0.25) is 0 Å². The maximum Gasteiger partial charge on any atom is 0.312 e. The zero-order chi connectivity index (χ0) is 13.9. The Bertz CT molecular complexity index is 524. The van der Waals surface area contributed by atoms with Crippen LogP contribution in [0.25, 0.3) is 0 Å². The van der Waals surface area contributed by atoms with E-state index >= 15 is 0 Å². The van der Waals surface area contributed by atoms with Crippen LogP contribution in [0.1, 0.15) is 11.1 Å². The third-order valence-corrected chi connectivity index (χ3v) is 3.90. The van der Waals surface area contributed by atoms with Gasteiger partial charge in [0.2, 0.25) is 0 Å². The van der Waals surface area contributed by atoms with Crippen LogP contribution in [-0.2, 0) is 27.3 Å². The molecule has 0 spiro atoms. The summed E-state index contributed by atoms with van der Waals surface area (Å²) in [5, 5.41) is 0. The molecule has 5 nitrogen and oxygen atoms in total. The third-order valence-electron chi connectivity index (χ3n) is 3.90. The molecule has 1 aromatic carbocycles. The molecule has 2 aliphatic heterocycles. The van der Waals surface area contributed by atoms with Crippen molar-refractivity contribution in [2.24, 2.45) is 0 Å². The van der Waals surface area contributed by atoms with Crippen LogP contribution in [-0.4, -0.2) is 54.5 Å². The van der Waals surface area contributed by atoms with Crippen molar-refractivity contribution in [2.45, 2.75) is 13.0 Å². The minimum Gasteiger partial charge on any atom is -0.378 e. The highest BCUT2D eigenvalue weighted by Gasteiger charge is 2.30. The smallest absolute Gasteiger partial charge is 0.312 e. The topological polar surface area (TPSA) is 49.9 Å². The largest absolute Gasteiger partial charge is 0.378 e. The van der Waals surface area contributed by atoms with E-state index in [1.54, 1.807) is 9.80 Å². The van der Waals surface area contributed by atoms with Crippen molar-refractivity contribution < 1.29 is 14.3 Å². The second-order valence-electron chi connectivity index (χ2n) is 5.15. The Morgan fingerprint density at radius 3 is 2.30 bits per heavy atom. The molecule has 2 aliphatic rings. The van der Waals surface area contributed by atoms with Crippen LogP contribution < -0.4 is 0 Å². The van der Waals surface area contributed by atoms with E-state index in [1.807, 2.05) is 18.2 Å². The summed E-state index contributed by atoms with van der Waals surface area (Å²) in [5.74, 6) is -0.783. The summed E-state index contributed by atoms with van der Waals surface area (Å²) in [5.41, 5.74) is 2.41. The first-order chi connectivity index (χ1) is 9.75. The molecule has 0 atom stereocenters. The first-order valence-corrected chi connectivity index (χ1v) is 6.98. The highest BCUT2D eigenvalue weighted by molar-refractivity contribution is 6.34. The maximum absolute atomic E-state index is 12.3. The summed E-state index contributed by atoms with van der Waals surface area (Å²) in [6, 6.07) is 8.08. The van der Waals surface area contributed by atoms with Crippen molar-refractivity contribution >= 4 is 11.8 Å². The molecule has 0 saturated carbocycles. The fraction of sp³-hybridized carbons (Fsp3) is 0.467. The lowest BCUT2D eigenvalue weighted by Crippen LogP contribution is -2.50. The number of amides is 2. The van der Waals surface area contributed by atoms with E-state index in [-0.39, 0.29) is 5.91 Å². The van der Waals surface area contributed by atoms with Gasteiger partial charge in [0.05, 0.1) is 13.2 Å². The number of carbonyl (C=O) groups is 2. The van der Waals surface area contributed by atoms with Crippen LogP contribution in [0.4, 0.5) is 0 Å². The second-order valence-corrected chi connectivity index (χ2v) is 5.15. The summed E-state index contributed by atoms with van der Waals surface area (Å²) < 4.78 is 5.20. The summed E-state index contributed by atoms with van der Waals surface area (Å²) in [7, 11) is 0. The second kappa shape index (κ2) is 5.63. The lowest BCUT2D eigenvalue weighted by Gasteiger charge is -2.32. The zero-order valence-corrected chi connectivity index (χ0v) is 11.4. The van der Waals surface area contributed by atoms with E-state index in [1.165, 1.54) is 5.56 Å². The van der Waals surface area contributed by atoms with Gasteiger partial charge in [0, 0.05) is 26.2 Å². The van der Waals surface area contributed by atoms with Gasteiger partial charge in [-0.2, -0.15) is 0 Å². The van der Waals surface area contributed by atoms with Crippen LogP contribution in [0, 0.1) is 0 Å². The summed E-state index contributed by atoms with van der Waals surface area (Å²) in [6.45, 7) is 3.20. The number of nitrogens with zero attached hydrogens (tertiary/aromatic N) is 2. The predicted molar refractivity (Wildman–Crippen MR) is 73.0 cm³/mol. The number of carbonyl (C=O) groups excluding carboxylic acids is 2. The zero-order valence-electron chi connectivity index (χ0n) is 11.4. The molecule has 2 heterocycles. The van der Waals surface area contributed by atoms with Gasteiger partial charge in [0.25, 0.3) is 0 Å². The van der Waals surface area contributed by atoms with Crippen LogP contribution in [0.15, 0.2) is 24.3 Å². The van der Waals surface area contributed by atoms with Gasteiger partial charge < -0.3 is 14.5 Å². The number of ether oxygens (including phenoxy) is 1. The lowest BCUT2D eigenvalue weighted by molar-refractivity contribution is -0.154. The molecular weight excluding hydrogens is 256 g/mol. The Morgan fingerprint density at radius 2 is 1.55 bits per heavy atom. The standard InChI is InChI=1S/C15H18N2O3/c18-14(16-7-9-20-10-8-16)15(19)17-6-5-12-3-1-2-4-13(12)11-17/h1-4H,5-11H2. The van der Waals surface area contributed by atoms with E-state index < -0.39 is 5.91 Å². The SMILES string of the molecule is O=C(C(=O)N1CCc2ccccc2C1)N1CCOCC1. The molecule has 0 radical (unpaired) electrons. The van der Waals surface area contributed by atoms with E-state index in [4.69, 9.17) is 4.74 Å². The van der Waals surface area contributed by atoms with Crippen molar-refractivity contribution in [1.82, 2.24) is 9.80 Å². The van der Waals surface area contributed by atoms with Crippen molar-refractivity contribution in [2.75, 3.05) is 32.8 Å². The van der Waals surface area contributed by atoms with Gasteiger partial charge >= 0.3 is 11.8 Å². The monoisotopic (exact) mass is 274 g/mol. The molecule has 2 amide bonds. The average Bonchev–Trinajstić information content (AvgIpc) is 2.54. The van der Waals surface area contributed by atoms with Gasteiger partial charge in [0.15, 0.2) is 0 Å². The van der Waals surface area contributed by atoms with Crippen molar-refractivity contribution in [3.63, 3.8) is 0 Å². The van der Waals surface area contributed by atoms with Gasteiger partial charge in [-0.3, -0.25) is 9.59 Å². The van der Waals surface area contributed by atoms with Gasteiger partial charge in [-0.05, 0) is 17.5 Å². The van der Waals surface area contributed by atoms with Gasteiger partial charge in [-0.1, -0.05) is 24.3 Å². The molecule has 20 heavy (non-hydrogen) atoms. The number of hydrogen-bond acceptors (Lipinski definition) is 3. The minimum absolute atomic E-state index is 0.388. The number of hydrogen-bond donors (Lipinski definition) is 0. The van der Waals surface area contributed by atoms with Crippen molar-refractivity contribution in [1.29, 1.82) is 0 Å². The lowest BCUT2D eigenvalue weighted by atomic mass is 10.00. The molecule has 106 valence electrons. The molecule has 0 aliphatic carbocycles. The summed E-state index contributed by atoms with van der Waals surface area (Å²) in [6.07, 6.45) is 0.818. The quantitative estimate of drug-likeness (QED) is 0.645. The van der Waals surface area contributed by atoms with Crippen LogP contribution in [0.3, 0.4) is 0 Å². The maximum atomic E-state index is 12.3. The van der Waals surface area contributed by atoms with Gasteiger partial charge in [0.1, 0.15) is 0 Å². The molecule has 0 bridgehead atoms. The molecule has 0 unspecified atom stereocenters. The highest BCUT2D eigenvalue weighted by Crippen LogP contribution is 2.18. The molecule has 0 N–H and O–H groups in total. The fourth-order valence-electron chi connectivity index (χ4n) is 2.71. The minimum atomic E-state index is -0.396. The van der Waals surface area contributed by atoms with E-state index in [0.29, 0.717) is 39.4 Å². The van der Waals surface area contributed by atoms with Gasteiger partial charge in [-0.25, -0.2) is 0 Å². The Morgan fingerprint density at radius 1 is 0.900 bits per heavy atom. The van der Waals surface area contributed by atoms with E-state index in [9.17, 15) is 9.59 Å². The first kappa shape index (κ1) is 13.1. The van der Waals surface area contributed by atoms with Crippen LogP contribution in [0.5, 0.6) is 0 Å². The van der Waals surface area contributed by atoms with Crippen LogP contribution >= 0.6 is 0 Å².